The highest BCUT2D eigenvalue weighted by molar-refractivity contribution is 5.93. The molecular weight excluding hydrogens is 620 g/mol. The van der Waals surface area contributed by atoms with Crippen LogP contribution in [0.25, 0.3) is 5.69 Å². The largest absolute Gasteiger partial charge is 0.480 e. The number of carbonyl (C=O) groups is 5. The first-order valence-corrected chi connectivity index (χ1v) is 15.7. The third-order valence-electron chi connectivity index (χ3n) is 7.32. The third kappa shape index (κ3) is 11.9. The Kier molecular flexibility index (Phi) is 14.7. The second-order valence-corrected chi connectivity index (χ2v) is 11.3. The molecule has 2 unspecified atom stereocenters. The van der Waals surface area contributed by atoms with Crippen molar-refractivity contribution < 1.29 is 33.8 Å². The van der Waals surface area contributed by atoms with Gasteiger partial charge in [0.05, 0.1) is 44.2 Å². The van der Waals surface area contributed by atoms with Gasteiger partial charge in [0, 0.05) is 13.0 Å². The lowest BCUT2D eigenvalue weighted by atomic mass is 10.1. The number of carboxylic acid groups (broad SMARTS) is 1. The van der Waals surface area contributed by atoms with E-state index in [-0.39, 0.29) is 32.7 Å². The number of nitrogens with zero attached hydrogens (tertiary/aromatic N) is 4. The lowest BCUT2D eigenvalue weighted by Crippen LogP contribution is -2.56. The van der Waals surface area contributed by atoms with Crippen LogP contribution >= 0.6 is 0 Å². The third-order valence-corrected chi connectivity index (χ3v) is 7.32. The van der Waals surface area contributed by atoms with Crippen LogP contribution in [0.15, 0.2) is 60.8 Å². The van der Waals surface area contributed by atoms with Gasteiger partial charge in [-0.15, -0.1) is 5.10 Å². The van der Waals surface area contributed by atoms with Crippen LogP contribution in [0.4, 0.5) is 0 Å². The summed E-state index contributed by atoms with van der Waals surface area (Å²) in [5, 5.41) is 28.1. The molecule has 1 aromatic heterocycles. The van der Waals surface area contributed by atoms with E-state index < -0.39 is 54.3 Å². The van der Waals surface area contributed by atoms with E-state index in [4.69, 9.17) is 4.74 Å². The minimum Gasteiger partial charge on any atom is -0.480 e. The van der Waals surface area contributed by atoms with E-state index in [1.54, 1.807) is 44.4 Å². The molecule has 3 heterocycles. The number of benzene rings is 2. The highest BCUT2D eigenvalue weighted by Crippen LogP contribution is 2.12. The summed E-state index contributed by atoms with van der Waals surface area (Å²) in [5.41, 5.74) is 3.12. The van der Waals surface area contributed by atoms with Gasteiger partial charge in [-0.25, -0.2) is 9.48 Å². The first kappa shape index (κ1) is 37.3. The molecule has 4 amide bonds. The van der Waals surface area contributed by atoms with Crippen LogP contribution in [0.3, 0.4) is 0 Å². The van der Waals surface area contributed by atoms with Crippen molar-refractivity contribution >= 4 is 29.6 Å². The van der Waals surface area contributed by atoms with E-state index in [1.807, 2.05) is 25.1 Å². The first-order valence-electron chi connectivity index (χ1n) is 15.7. The second kappa shape index (κ2) is 18.9. The number of hydrogen-bond donors (Lipinski definition) is 5. The van der Waals surface area contributed by atoms with Gasteiger partial charge < -0.3 is 36.0 Å². The average molecular weight is 665 g/mol. The van der Waals surface area contributed by atoms with E-state index in [2.05, 4.69) is 50.6 Å². The maximum absolute atomic E-state index is 13.5. The fourth-order valence-electron chi connectivity index (χ4n) is 4.54. The summed E-state index contributed by atoms with van der Waals surface area (Å²) in [7, 11) is 1.61. The molecule has 3 aromatic rings. The van der Waals surface area contributed by atoms with E-state index in [0.29, 0.717) is 23.4 Å². The molecule has 2 aliphatic rings. The minimum atomic E-state index is -1.23. The predicted octanol–water partition coefficient (Wildman–Crippen LogP) is 0.352. The van der Waals surface area contributed by atoms with E-state index in [1.165, 1.54) is 15.1 Å². The second-order valence-electron chi connectivity index (χ2n) is 11.3. The molecule has 4 bridgehead atoms. The van der Waals surface area contributed by atoms with Crippen LogP contribution in [0.1, 0.15) is 37.1 Å². The number of ether oxygens (including phenoxy) is 1. The van der Waals surface area contributed by atoms with Gasteiger partial charge in [0.15, 0.2) is 0 Å². The number of fused-ring (bicyclic) bond motifs is 15. The van der Waals surface area contributed by atoms with Gasteiger partial charge in [0.25, 0.3) is 0 Å². The van der Waals surface area contributed by atoms with Crippen LogP contribution < -0.4 is 21.3 Å². The summed E-state index contributed by atoms with van der Waals surface area (Å²) < 4.78 is 7.26. The number of carboxylic acids is 1. The minimum absolute atomic E-state index is 0.00164. The summed E-state index contributed by atoms with van der Waals surface area (Å²) in [5.74, 6) is -3.52. The van der Waals surface area contributed by atoms with Gasteiger partial charge >= 0.3 is 5.97 Å². The predicted molar refractivity (Wildman–Crippen MR) is 176 cm³/mol. The summed E-state index contributed by atoms with van der Waals surface area (Å²) in [6, 6.07) is 14.2. The van der Waals surface area contributed by atoms with Crippen molar-refractivity contribution in [1.82, 2.24) is 41.2 Å². The Morgan fingerprint density at radius 2 is 1.79 bits per heavy atom. The number of nitrogens with one attached hydrogen (secondary N) is 4. The average Bonchev–Trinajstić information content (AvgIpc) is 3.55. The molecule has 0 fully saturated rings. The molecule has 0 saturated heterocycles. The van der Waals surface area contributed by atoms with Gasteiger partial charge in [-0.05, 0) is 45.0 Å². The van der Waals surface area contributed by atoms with Crippen LogP contribution in [0.5, 0.6) is 0 Å². The van der Waals surface area contributed by atoms with Crippen molar-refractivity contribution in [3.63, 3.8) is 0 Å². The molecular formula is C33H44N8O7. The number of hydrogen-bond acceptors (Lipinski definition) is 9. The van der Waals surface area contributed by atoms with Crippen molar-refractivity contribution in [2.45, 2.75) is 58.3 Å². The Balaban J connectivity index is 0.000000789. The van der Waals surface area contributed by atoms with Gasteiger partial charge in [-0.2, -0.15) is 0 Å². The highest BCUT2D eigenvalue weighted by Gasteiger charge is 2.29. The standard InChI is InChI=1S/C26H36N8O7.C7H8/c1-4-9-33-13-23(36)28-11-22(35)29-20(26(39)40)10-17-5-7-19(8-6-17)34-12-18(31-32-34)14-41-15-21(25(33)38)30-24(37)16(2)27-3;1-7-5-3-2-4-6-7/h5-8,12,16,20-21,27H,4,9-11,13-15H2,1-3H3,(H,28,36)(H,29,35)(H,30,37)(H,39,40);2-6H,1H3/t16-,20?,21?;/m0./s1. The maximum atomic E-state index is 13.5. The molecule has 0 saturated carbocycles. The van der Waals surface area contributed by atoms with E-state index in [9.17, 15) is 29.1 Å². The molecule has 5 rings (SSSR count). The number of aryl methyl sites for hydroxylation is 1. The highest BCUT2D eigenvalue weighted by atomic mass is 16.5. The zero-order valence-electron chi connectivity index (χ0n) is 27.6. The summed E-state index contributed by atoms with van der Waals surface area (Å²) in [6.07, 6.45) is 2.19. The summed E-state index contributed by atoms with van der Waals surface area (Å²) in [4.78, 5) is 64.3. The Morgan fingerprint density at radius 3 is 2.40 bits per heavy atom. The van der Waals surface area contributed by atoms with E-state index in [0.717, 1.165) is 0 Å². The van der Waals surface area contributed by atoms with Crippen LogP contribution in [-0.4, -0.2) is 106 Å². The number of likely N-dealkylation sites (N-methyl/N-ethyl adjacent to an activating group) is 1. The molecule has 15 heteroatoms. The molecule has 0 spiro atoms. The van der Waals surface area contributed by atoms with Crippen LogP contribution in [0, 0.1) is 6.92 Å². The fraction of sp³-hybridized carbons (Fsp3) is 0.424. The van der Waals surface area contributed by atoms with Crippen molar-refractivity contribution in [3.05, 3.63) is 77.6 Å². The SMILES string of the molecule is CCCN1CC(=O)NCC(=O)NC(C(=O)O)Cc2ccc(cc2)-n2cc(nn2)COCC(NC(=O)[C@H](C)NC)C1=O.Cc1ccccc1. The number of rotatable bonds is 6. The Labute approximate surface area is 279 Å². The van der Waals surface area contributed by atoms with Gasteiger partial charge in [-0.3, -0.25) is 19.2 Å². The van der Waals surface area contributed by atoms with Crippen molar-refractivity contribution in [2.24, 2.45) is 0 Å². The monoisotopic (exact) mass is 664 g/mol. The molecule has 48 heavy (non-hydrogen) atoms. The van der Waals surface area contributed by atoms with Crippen molar-refractivity contribution in [1.29, 1.82) is 0 Å². The maximum Gasteiger partial charge on any atom is 0.326 e. The Hall–Kier alpha value is -5.15. The van der Waals surface area contributed by atoms with Gasteiger partial charge in [-0.1, -0.05) is 60.2 Å². The molecule has 0 aliphatic carbocycles. The number of aromatic nitrogens is 3. The zero-order valence-corrected chi connectivity index (χ0v) is 27.6. The van der Waals surface area contributed by atoms with Crippen LogP contribution in [0.2, 0.25) is 0 Å². The Bertz CT molecular complexity index is 1510. The molecule has 15 nitrogen and oxygen atoms in total. The zero-order chi connectivity index (χ0) is 35.1. The molecule has 2 aromatic carbocycles. The Morgan fingerprint density at radius 1 is 1.08 bits per heavy atom. The molecule has 258 valence electrons. The fourth-order valence-corrected chi connectivity index (χ4v) is 4.54. The number of carbonyl (C=O) groups excluding carboxylic acids is 4. The molecule has 5 N–H and O–H groups in total. The summed E-state index contributed by atoms with van der Waals surface area (Å²) >= 11 is 0. The smallest absolute Gasteiger partial charge is 0.326 e. The normalized spacial score (nSPS) is 18.3. The number of aliphatic carboxylic acids is 1. The number of amides is 4. The lowest BCUT2D eigenvalue weighted by Gasteiger charge is -2.28. The molecule has 3 atom stereocenters. The van der Waals surface area contributed by atoms with Gasteiger partial charge in [0.1, 0.15) is 17.8 Å². The quantitative estimate of drug-likeness (QED) is 0.229. The topological polar surface area (TPSA) is 197 Å². The van der Waals surface area contributed by atoms with E-state index >= 15 is 0 Å². The summed E-state index contributed by atoms with van der Waals surface area (Å²) in [6.45, 7) is 4.71. The van der Waals surface area contributed by atoms with Crippen molar-refractivity contribution in [3.8, 4) is 5.69 Å². The van der Waals surface area contributed by atoms with Gasteiger partial charge in [0.2, 0.25) is 23.6 Å². The molecule has 2 aliphatic heterocycles. The first-order chi connectivity index (χ1) is 23.0. The van der Waals surface area contributed by atoms with Crippen molar-refractivity contribution in [2.75, 3.05) is 33.3 Å². The molecule has 0 radical (unpaired) electrons. The van der Waals surface area contributed by atoms with Crippen LogP contribution in [-0.2, 0) is 41.7 Å². The lowest BCUT2D eigenvalue weighted by molar-refractivity contribution is -0.142.